The van der Waals surface area contributed by atoms with Crippen LogP contribution in [-0.2, 0) is 4.79 Å². The number of amides is 1. The molecule has 2 rings (SSSR count). The molecule has 0 saturated carbocycles. The molecule has 0 heterocycles. The van der Waals surface area contributed by atoms with Crippen molar-refractivity contribution in [1.82, 2.24) is 5.43 Å². The lowest BCUT2D eigenvalue weighted by Crippen LogP contribution is -2.26. The van der Waals surface area contributed by atoms with E-state index in [0.717, 1.165) is 21.3 Å². The molecule has 0 saturated heterocycles. The Bertz CT molecular complexity index is 686. The molecule has 0 aliphatic carbocycles. The van der Waals surface area contributed by atoms with Crippen molar-refractivity contribution in [3.63, 3.8) is 0 Å². The maximum atomic E-state index is 11.7. The molecule has 0 spiro atoms. The van der Waals surface area contributed by atoms with Crippen LogP contribution in [0.15, 0.2) is 52.0 Å². The Kier molecular flexibility index (Phi) is 5.98. The zero-order valence-electron chi connectivity index (χ0n) is 11.9. The van der Waals surface area contributed by atoms with Crippen molar-refractivity contribution in [3.8, 4) is 0 Å². The predicted molar refractivity (Wildman–Crippen MR) is 94.6 cm³/mol. The molecule has 2 aromatic rings. The first-order valence-electron chi connectivity index (χ1n) is 6.62. The third-order valence-corrected chi connectivity index (χ3v) is 3.66. The molecule has 22 heavy (non-hydrogen) atoms. The smallest absolute Gasteiger partial charge is 0.259 e. The van der Waals surface area contributed by atoms with Crippen LogP contribution in [0.2, 0.25) is 5.02 Å². The normalized spacial score (nSPS) is 10.7. The fourth-order valence-corrected chi connectivity index (χ4v) is 2.26. The number of nitrogens with zero attached hydrogens (tertiary/aromatic N) is 1. The minimum absolute atomic E-state index is 0.139. The first-order chi connectivity index (χ1) is 10.5. The molecular formula is C16H15BrClN3O. The highest BCUT2D eigenvalue weighted by molar-refractivity contribution is 9.10. The van der Waals surface area contributed by atoms with Gasteiger partial charge in [0.05, 0.1) is 12.8 Å². The van der Waals surface area contributed by atoms with E-state index in [9.17, 15) is 4.79 Å². The summed E-state index contributed by atoms with van der Waals surface area (Å²) in [7, 11) is 0. The Morgan fingerprint density at radius 2 is 2.00 bits per heavy atom. The molecule has 2 N–H and O–H groups in total. The second-order valence-corrected chi connectivity index (χ2v) is 6.01. The Hall–Kier alpha value is -1.85. The number of benzene rings is 2. The van der Waals surface area contributed by atoms with E-state index < -0.39 is 0 Å². The van der Waals surface area contributed by atoms with Crippen LogP contribution in [0.4, 0.5) is 5.69 Å². The number of hydrazone groups is 1. The average Bonchev–Trinajstić information content (AvgIpc) is 2.48. The molecule has 2 aromatic carbocycles. The fraction of sp³-hybridized carbons (Fsp3) is 0.125. The van der Waals surface area contributed by atoms with E-state index >= 15 is 0 Å². The Labute approximate surface area is 142 Å². The Morgan fingerprint density at radius 1 is 1.27 bits per heavy atom. The van der Waals surface area contributed by atoms with Gasteiger partial charge < -0.3 is 5.32 Å². The summed E-state index contributed by atoms with van der Waals surface area (Å²) in [6.45, 7) is 2.07. The van der Waals surface area contributed by atoms with E-state index in [1.165, 1.54) is 0 Å². The van der Waals surface area contributed by atoms with Crippen molar-refractivity contribution in [2.75, 3.05) is 11.9 Å². The fourth-order valence-electron chi connectivity index (χ4n) is 1.77. The number of carbonyl (C=O) groups is 1. The number of aryl methyl sites for hydroxylation is 1. The summed E-state index contributed by atoms with van der Waals surface area (Å²) < 4.78 is 0.996. The largest absolute Gasteiger partial charge is 0.376 e. The third-order valence-electron chi connectivity index (χ3n) is 2.90. The van der Waals surface area contributed by atoms with Crippen LogP contribution >= 0.6 is 27.5 Å². The van der Waals surface area contributed by atoms with Gasteiger partial charge in [0.25, 0.3) is 5.91 Å². The van der Waals surface area contributed by atoms with Crippen molar-refractivity contribution in [2.45, 2.75) is 6.92 Å². The molecule has 0 unspecified atom stereocenters. The number of hydrogen-bond acceptors (Lipinski definition) is 3. The minimum Gasteiger partial charge on any atom is -0.376 e. The van der Waals surface area contributed by atoms with E-state index in [1.807, 2.05) is 43.3 Å². The van der Waals surface area contributed by atoms with Gasteiger partial charge in [-0.3, -0.25) is 4.79 Å². The van der Waals surface area contributed by atoms with Crippen LogP contribution in [0.5, 0.6) is 0 Å². The Morgan fingerprint density at radius 3 is 2.68 bits per heavy atom. The van der Waals surface area contributed by atoms with Crippen LogP contribution in [0.3, 0.4) is 0 Å². The molecule has 0 aliphatic heterocycles. The van der Waals surface area contributed by atoms with Gasteiger partial charge in [0.15, 0.2) is 0 Å². The second kappa shape index (κ2) is 7.96. The summed E-state index contributed by atoms with van der Waals surface area (Å²) in [5.74, 6) is -0.220. The van der Waals surface area contributed by atoms with Crippen LogP contribution in [0.1, 0.15) is 11.1 Å². The minimum atomic E-state index is -0.220. The van der Waals surface area contributed by atoms with Gasteiger partial charge in [0.1, 0.15) is 0 Å². The summed E-state index contributed by atoms with van der Waals surface area (Å²) in [6.07, 6.45) is 1.60. The highest BCUT2D eigenvalue weighted by Gasteiger charge is 2.02. The van der Waals surface area contributed by atoms with Crippen molar-refractivity contribution >= 4 is 45.3 Å². The van der Waals surface area contributed by atoms with Crippen molar-refractivity contribution in [1.29, 1.82) is 0 Å². The Balaban J connectivity index is 1.81. The first kappa shape index (κ1) is 16.5. The van der Waals surface area contributed by atoms with Gasteiger partial charge in [-0.25, -0.2) is 5.43 Å². The highest BCUT2D eigenvalue weighted by atomic mass is 79.9. The molecule has 114 valence electrons. The predicted octanol–water partition coefficient (Wildman–Crippen LogP) is 3.97. The van der Waals surface area contributed by atoms with Crippen LogP contribution < -0.4 is 10.7 Å². The summed E-state index contributed by atoms with van der Waals surface area (Å²) in [5, 5.41) is 7.64. The average molecular weight is 381 g/mol. The molecule has 0 radical (unpaired) electrons. The van der Waals surface area contributed by atoms with E-state index in [2.05, 4.69) is 31.8 Å². The lowest BCUT2D eigenvalue weighted by molar-refractivity contribution is -0.119. The second-order valence-electron chi connectivity index (χ2n) is 4.66. The first-order valence-corrected chi connectivity index (χ1v) is 7.79. The molecule has 0 fully saturated rings. The van der Waals surface area contributed by atoms with Gasteiger partial charge in [0.2, 0.25) is 0 Å². The zero-order chi connectivity index (χ0) is 15.9. The van der Waals surface area contributed by atoms with E-state index in [4.69, 9.17) is 11.6 Å². The molecule has 0 atom stereocenters. The van der Waals surface area contributed by atoms with Crippen molar-refractivity contribution in [3.05, 3.63) is 63.1 Å². The topological polar surface area (TPSA) is 53.5 Å². The molecule has 4 nitrogen and oxygen atoms in total. The molecule has 0 aromatic heterocycles. The number of halogens is 2. The van der Waals surface area contributed by atoms with Gasteiger partial charge in [0, 0.05) is 15.2 Å². The van der Waals surface area contributed by atoms with Gasteiger partial charge in [-0.2, -0.15) is 5.10 Å². The van der Waals surface area contributed by atoms with Gasteiger partial charge in [-0.05, 0) is 48.4 Å². The molecular weight excluding hydrogens is 366 g/mol. The van der Waals surface area contributed by atoms with Crippen molar-refractivity contribution < 1.29 is 4.79 Å². The molecule has 6 heteroatoms. The lowest BCUT2D eigenvalue weighted by Gasteiger charge is -2.08. The monoisotopic (exact) mass is 379 g/mol. The van der Waals surface area contributed by atoms with Gasteiger partial charge >= 0.3 is 0 Å². The molecule has 1 amide bonds. The maximum Gasteiger partial charge on any atom is 0.259 e. The summed E-state index contributed by atoms with van der Waals surface area (Å²) in [4.78, 5) is 11.7. The van der Waals surface area contributed by atoms with Gasteiger partial charge in [-0.1, -0.05) is 39.7 Å². The van der Waals surface area contributed by atoms with Crippen LogP contribution in [0.25, 0.3) is 0 Å². The third kappa shape index (κ3) is 5.16. The maximum absolute atomic E-state index is 11.7. The van der Waals surface area contributed by atoms with Crippen molar-refractivity contribution in [2.24, 2.45) is 5.10 Å². The van der Waals surface area contributed by atoms with E-state index in [1.54, 1.807) is 12.3 Å². The molecule has 0 aliphatic rings. The number of anilines is 1. The lowest BCUT2D eigenvalue weighted by atomic mass is 10.2. The number of rotatable bonds is 5. The standard InChI is InChI=1S/C16H15BrClN3O/c1-11-8-14(18)6-7-15(11)19-10-16(22)21-20-9-12-2-4-13(17)5-3-12/h2-9,19H,10H2,1H3,(H,21,22)/b20-9-. The quantitative estimate of drug-likeness (QED) is 0.609. The highest BCUT2D eigenvalue weighted by Crippen LogP contribution is 2.19. The number of carbonyl (C=O) groups excluding carboxylic acids is 1. The summed E-state index contributed by atoms with van der Waals surface area (Å²) in [5.41, 5.74) is 5.24. The van der Waals surface area contributed by atoms with Crippen LogP contribution in [-0.4, -0.2) is 18.7 Å². The summed E-state index contributed by atoms with van der Waals surface area (Å²) in [6, 6.07) is 13.1. The number of nitrogens with one attached hydrogen (secondary N) is 2. The van der Waals surface area contributed by atoms with E-state index in [-0.39, 0.29) is 12.5 Å². The zero-order valence-corrected chi connectivity index (χ0v) is 14.3. The summed E-state index contributed by atoms with van der Waals surface area (Å²) >= 11 is 9.25. The molecule has 0 bridgehead atoms. The van der Waals surface area contributed by atoms with Crippen LogP contribution in [0, 0.1) is 6.92 Å². The van der Waals surface area contributed by atoms with Gasteiger partial charge in [-0.15, -0.1) is 0 Å². The SMILES string of the molecule is Cc1cc(Cl)ccc1NCC(=O)N/N=C\c1ccc(Br)cc1. The number of hydrogen-bond donors (Lipinski definition) is 2. The van der Waals surface area contributed by atoms with E-state index in [0.29, 0.717) is 5.02 Å².